The van der Waals surface area contributed by atoms with Crippen LogP contribution in [0.1, 0.15) is 0 Å². The maximum atomic E-state index is 8.87. The van der Waals surface area contributed by atoms with Crippen molar-refractivity contribution in [3.63, 3.8) is 0 Å². The van der Waals surface area contributed by atoms with E-state index in [-0.39, 0.29) is 5.88 Å². The molecule has 0 aromatic carbocycles. The zero-order valence-corrected chi connectivity index (χ0v) is 5.90. The second-order valence-corrected chi connectivity index (χ2v) is 2.36. The fourth-order valence-corrected chi connectivity index (χ4v) is 0.941. The molecule has 0 aliphatic carbocycles. The third-order valence-electron chi connectivity index (χ3n) is 0.948. The summed E-state index contributed by atoms with van der Waals surface area (Å²) in [5.74, 6) is 0.203. The van der Waals surface area contributed by atoms with Crippen LogP contribution in [0.2, 0.25) is 0 Å². The first-order valence-corrected chi connectivity index (χ1v) is 3.80. The molecule has 0 saturated heterocycles. The smallest absolute Gasteiger partial charge is 0.187 e. The van der Waals surface area contributed by atoms with Crippen LogP contribution in [0.5, 0.6) is 0 Å². The molecule has 0 fully saturated rings. The molecule has 1 aliphatic rings. The van der Waals surface area contributed by atoms with Crippen molar-refractivity contribution in [2.45, 2.75) is 0 Å². The number of rotatable bonds is 0. The van der Waals surface area contributed by atoms with E-state index in [1.54, 1.807) is 6.08 Å². The van der Waals surface area contributed by atoms with Crippen LogP contribution in [0.3, 0.4) is 0 Å². The number of nitrogens with zero attached hydrogens (tertiary/aromatic N) is 1. The number of aliphatic imine (C=N–C) groups is 1. The second kappa shape index (κ2) is 2.77. The maximum absolute atomic E-state index is 8.87. The third-order valence-corrected chi connectivity index (χ3v) is 1.57. The molecular formula is C5H8N2OS. The minimum absolute atomic E-state index is 0.203. The summed E-state index contributed by atoms with van der Waals surface area (Å²) < 4.78 is 0. The summed E-state index contributed by atoms with van der Waals surface area (Å²) >= 11 is 1.49. The average Bonchev–Trinajstić information content (AvgIpc) is 1.88. The van der Waals surface area contributed by atoms with Gasteiger partial charge in [-0.25, -0.2) is 0 Å². The van der Waals surface area contributed by atoms with E-state index in [2.05, 4.69) is 10.3 Å². The first-order chi connectivity index (χ1) is 4.33. The summed E-state index contributed by atoms with van der Waals surface area (Å²) in [5.41, 5.74) is 0. The molecule has 2 N–H and O–H groups in total. The minimum Gasteiger partial charge on any atom is -0.495 e. The van der Waals surface area contributed by atoms with Crippen LogP contribution in [0.15, 0.2) is 17.0 Å². The Morgan fingerprint density at radius 2 is 2.67 bits per heavy atom. The molecule has 0 atom stereocenters. The topological polar surface area (TPSA) is 44.6 Å². The van der Waals surface area contributed by atoms with E-state index in [9.17, 15) is 0 Å². The third kappa shape index (κ3) is 1.64. The van der Waals surface area contributed by atoms with Gasteiger partial charge in [-0.3, -0.25) is 4.99 Å². The van der Waals surface area contributed by atoms with Crippen LogP contribution in [-0.2, 0) is 0 Å². The predicted octanol–water partition coefficient (Wildman–Crippen LogP) is 0.708. The zero-order chi connectivity index (χ0) is 6.69. The summed E-state index contributed by atoms with van der Waals surface area (Å²) in [5, 5.41) is 12.3. The monoisotopic (exact) mass is 144 g/mol. The molecule has 4 heteroatoms. The lowest BCUT2D eigenvalue weighted by Gasteiger charge is -2.09. The number of amidine groups is 1. The van der Waals surface area contributed by atoms with Gasteiger partial charge < -0.3 is 10.4 Å². The van der Waals surface area contributed by atoms with Crippen molar-refractivity contribution < 1.29 is 5.11 Å². The molecule has 0 spiro atoms. The quantitative estimate of drug-likeness (QED) is 0.526. The van der Waals surface area contributed by atoms with Gasteiger partial charge in [0.05, 0.1) is 6.54 Å². The van der Waals surface area contributed by atoms with Crippen molar-refractivity contribution in [3.05, 3.63) is 12.0 Å². The van der Waals surface area contributed by atoms with Crippen LogP contribution < -0.4 is 5.32 Å². The number of nitrogens with one attached hydrogen (secondary N) is 1. The van der Waals surface area contributed by atoms with Crippen molar-refractivity contribution in [3.8, 4) is 0 Å². The lowest BCUT2D eigenvalue weighted by atomic mass is 10.5. The molecule has 50 valence electrons. The van der Waals surface area contributed by atoms with Crippen molar-refractivity contribution in [1.29, 1.82) is 0 Å². The number of hydrogen-bond donors (Lipinski definition) is 2. The van der Waals surface area contributed by atoms with Crippen LogP contribution in [0.25, 0.3) is 0 Å². The number of thioether (sulfide) groups is 1. The van der Waals surface area contributed by atoms with Gasteiger partial charge in [0.15, 0.2) is 11.1 Å². The van der Waals surface area contributed by atoms with Gasteiger partial charge in [0.25, 0.3) is 0 Å². The molecule has 1 rings (SSSR count). The zero-order valence-electron chi connectivity index (χ0n) is 5.09. The molecule has 1 aliphatic heterocycles. The number of hydrogen-bond acceptors (Lipinski definition) is 4. The van der Waals surface area contributed by atoms with E-state index in [1.165, 1.54) is 11.8 Å². The van der Waals surface area contributed by atoms with E-state index in [0.717, 1.165) is 5.17 Å². The predicted molar refractivity (Wildman–Crippen MR) is 39.7 cm³/mol. The van der Waals surface area contributed by atoms with E-state index in [4.69, 9.17) is 5.11 Å². The molecule has 1 heterocycles. The number of aliphatic hydroxyl groups excluding tert-OH is 1. The van der Waals surface area contributed by atoms with Crippen molar-refractivity contribution in [2.24, 2.45) is 4.99 Å². The van der Waals surface area contributed by atoms with Crippen molar-refractivity contribution >= 4 is 16.9 Å². The first-order valence-electron chi connectivity index (χ1n) is 2.57. The Bertz CT molecular complexity index is 164. The van der Waals surface area contributed by atoms with Crippen molar-refractivity contribution in [2.75, 3.05) is 12.8 Å². The fourth-order valence-electron chi connectivity index (χ4n) is 0.531. The van der Waals surface area contributed by atoms with Gasteiger partial charge in [-0.05, 0) is 12.3 Å². The van der Waals surface area contributed by atoms with Gasteiger partial charge in [-0.2, -0.15) is 0 Å². The highest BCUT2D eigenvalue weighted by atomic mass is 32.2. The Morgan fingerprint density at radius 3 is 3.11 bits per heavy atom. The maximum Gasteiger partial charge on any atom is 0.187 e. The molecule has 0 unspecified atom stereocenters. The van der Waals surface area contributed by atoms with Crippen LogP contribution >= 0.6 is 11.8 Å². The molecule has 0 bridgehead atoms. The summed E-state index contributed by atoms with van der Waals surface area (Å²) in [4.78, 5) is 4.03. The Balaban J connectivity index is 2.51. The van der Waals surface area contributed by atoms with Gasteiger partial charge in [-0.15, -0.1) is 0 Å². The fraction of sp³-hybridized carbons (Fsp3) is 0.400. The van der Waals surface area contributed by atoms with Gasteiger partial charge in [0.1, 0.15) is 0 Å². The number of aliphatic hydroxyl groups is 1. The summed E-state index contributed by atoms with van der Waals surface area (Å²) in [6, 6.07) is 0. The van der Waals surface area contributed by atoms with Gasteiger partial charge in [0.2, 0.25) is 0 Å². The highest BCUT2D eigenvalue weighted by Gasteiger charge is 2.01. The molecular weight excluding hydrogens is 136 g/mol. The summed E-state index contributed by atoms with van der Waals surface area (Å²) in [6.07, 6.45) is 3.53. The van der Waals surface area contributed by atoms with Crippen LogP contribution in [0, 0.1) is 0 Å². The van der Waals surface area contributed by atoms with Gasteiger partial charge >= 0.3 is 0 Å². The largest absolute Gasteiger partial charge is 0.495 e. The SMILES string of the molecule is CSC1=NCC=C(O)N1. The highest BCUT2D eigenvalue weighted by molar-refractivity contribution is 8.13. The van der Waals surface area contributed by atoms with Crippen LogP contribution in [0.4, 0.5) is 0 Å². The van der Waals surface area contributed by atoms with Gasteiger partial charge in [-0.1, -0.05) is 11.8 Å². The van der Waals surface area contributed by atoms with Crippen molar-refractivity contribution in [1.82, 2.24) is 5.32 Å². The summed E-state index contributed by atoms with van der Waals surface area (Å²) in [6.45, 7) is 0.578. The Morgan fingerprint density at radius 1 is 1.89 bits per heavy atom. The highest BCUT2D eigenvalue weighted by Crippen LogP contribution is 2.01. The lowest BCUT2D eigenvalue weighted by Crippen LogP contribution is -2.22. The Hall–Kier alpha value is -0.640. The average molecular weight is 144 g/mol. The first kappa shape index (κ1) is 6.48. The molecule has 0 aromatic heterocycles. The van der Waals surface area contributed by atoms with E-state index in [0.29, 0.717) is 6.54 Å². The molecule has 9 heavy (non-hydrogen) atoms. The standard InChI is InChI=1S/C5H8N2OS/c1-9-5-6-3-2-4(8)7-5/h2,8H,3H2,1H3,(H,6,7). The van der Waals surface area contributed by atoms with E-state index >= 15 is 0 Å². The van der Waals surface area contributed by atoms with E-state index in [1.807, 2.05) is 6.26 Å². The second-order valence-electron chi connectivity index (χ2n) is 1.56. The Labute approximate surface area is 57.9 Å². The Kier molecular flexibility index (Phi) is 2.00. The van der Waals surface area contributed by atoms with Gasteiger partial charge in [0, 0.05) is 0 Å². The molecule has 0 aromatic rings. The van der Waals surface area contributed by atoms with E-state index < -0.39 is 0 Å². The normalized spacial score (nSPS) is 17.9. The van der Waals surface area contributed by atoms with Crippen LogP contribution in [-0.4, -0.2) is 23.1 Å². The molecule has 3 nitrogen and oxygen atoms in total. The molecule has 0 radical (unpaired) electrons. The molecule has 0 amide bonds. The summed E-state index contributed by atoms with van der Waals surface area (Å²) in [7, 11) is 0. The molecule has 0 saturated carbocycles. The minimum atomic E-state index is 0.203. The lowest BCUT2D eigenvalue weighted by molar-refractivity contribution is 0.385.